The molecule has 0 atom stereocenters. The summed E-state index contributed by atoms with van der Waals surface area (Å²) in [5, 5.41) is 0.548. The van der Waals surface area contributed by atoms with Crippen LogP contribution in [0.1, 0.15) is 35.7 Å². The van der Waals surface area contributed by atoms with Gasteiger partial charge in [0.25, 0.3) is 0 Å². The predicted octanol–water partition coefficient (Wildman–Crippen LogP) is 3.20. The Balaban J connectivity index is 2.81. The Bertz CT molecular complexity index is 397. The summed E-state index contributed by atoms with van der Waals surface area (Å²) in [4.78, 5) is 22.5. The van der Waals surface area contributed by atoms with Gasteiger partial charge in [0.15, 0.2) is 5.78 Å². The molecule has 0 fully saturated rings. The van der Waals surface area contributed by atoms with Gasteiger partial charge < -0.3 is 4.79 Å². The molecule has 80 valence electrons. The average molecular weight is 225 g/mol. The molecule has 0 aliphatic heterocycles. The molecule has 0 unspecified atom stereocenters. The van der Waals surface area contributed by atoms with Gasteiger partial charge in [0.2, 0.25) is 0 Å². The lowest BCUT2D eigenvalue weighted by Gasteiger charge is -2.04. The molecule has 0 amide bonds. The largest absolute Gasteiger partial charge is 0.300 e. The number of ketones is 2. The maximum Gasteiger partial charge on any atom is 0.163 e. The van der Waals surface area contributed by atoms with Crippen LogP contribution in [0.2, 0.25) is 5.02 Å². The first kappa shape index (κ1) is 11.9. The van der Waals surface area contributed by atoms with E-state index in [2.05, 4.69) is 0 Å². The first-order valence-corrected chi connectivity index (χ1v) is 5.17. The molecule has 0 aliphatic rings. The van der Waals surface area contributed by atoms with E-state index in [0.29, 0.717) is 17.0 Å². The van der Waals surface area contributed by atoms with Gasteiger partial charge in [-0.05, 0) is 31.5 Å². The van der Waals surface area contributed by atoms with Gasteiger partial charge in [-0.15, -0.1) is 0 Å². The molecule has 0 bridgehead atoms. The summed E-state index contributed by atoms with van der Waals surface area (Å²) < 4.78 is 0. The number of Topliss-reactive ketones (excluding diaryl/α,β-unsaturated/α-hetero) is 2. The van der Waals surface area contributed by atoms with Crippen LogP contribution in [0, 0.1) is 6.92 Å². The van der Waals surface area contributed by atoms with Crippen molar-refractivity contribution in [2.45, 2.75) is 26.7 Å². The normalized spacial score (nSPS) is 10.1. The highest BCUT2D eigenvalue weighted by molar-refractivity contribution is 6.31. The van der Waals surface area contributed by atoms with Crippen LogP contribution in [-0.2, 0) is 4.79 Å². The van der Waals surface area contributed by atoms with Crippen molar-refractivity contribution in [3.8, 4) is 0 Å². The van der Waals surface area contributed by atoms with E-state index in [1.165, 1.54) is 6.92 Å². The van der Waals surface area contributed by atoms with E-state index >= 15 is 0 Å². The minimum absolute atomic E-state index is 0.0230. The Hall–Kier alpha value is -1.15. The Morgan fingerprint density at radius 2 is 1.93 bits per heavy atom. The van der Waals surface area contributed by atoms with Gasteiger partial charge in [-0.3, -0.25) is 4.79 Å². The molecule has 1 aromatic carbocycles. The molecule has 0 saturated carbocycles. The number of halogens is 1. The molecule has 15 heavy (non-hydrogen) atoms. The first-order chi connectivity index (χ1) is 7.00. The van der Waals surface area contributed by atoms with Crippen LogP contribution in [0.15, 0.2) is 18.2 Å². The monoisotopic (exact) mass is 224 g/mol. The Morgan fingerprint density at radius 1 is 1.27 bits per heavy atom. The van der Waals surface area contributed by atoms with Gasteiger partial charge in [0.1, 0.15) is 5.78 Å². The van der Waals surface area contributed by atoms with E-state index < -0.39 is 0 Å². The van der Waals surface area contributed by atoms with E-state index in [-0.39, 0.29) is 18.0 Å². The molecule has 0 spiro atoms. The fourth-order valence-electron chi connectivity index (χ4n) is 1.32. The Morgan fingerprint density at radius 3 is 2.53 bits per heavy atom. The highest BCUT2D eigenvalue weighted by Crippen LogP contribution is 2.17. The lowest BCUT2D eigenvalue weighted by molar-refractivity contribution is -0.116. The van der Waals surface area contributed by atoms with Crippen molar-refractivity contribution in [3.63, 3.8) is 0 Å². The van der Waals surface area contributed by atoms with E-state index in [9.17, 15) is 9.59 Å². The molecule has 2 nitrogen and oxygen atoms in total. The minimum Gasteiger partial charge on any atom is -0.300 e. The third-order valence-electron chi connectivity index (χ3n) is 2.20. The molecule has 1 aromatic rings. The maximum atomic E-state index is 11.7. The van der Waals surface area contributed by atoms with Crippen LogP contribution in [0.25, 0.3) is 0 Å². The van der Waals surface area contributed by atoms with E-state index in [1.807, 2.05) is 13.0 Å². The number of hydrogen-bond acceptors (Lipinski definition) is 2. The molecule has 0 heterocycles. The van der Waals surface area contributed by atoms with Gasteiger partial charge in [-0.1, -0.05) is 17.7 Å². The smallest absolute Gasteiger partial charge is 0.163 e. The zero-order valence-corrected chi connectivity index (χ0v) is 9.60. The van der Waals surface area contributed by atoms with Crippen LogP contribution >= 0.6 is 11.6 Å². The van der Waals surface area contributed by atoms with Crippen molar-refractivity contribution in [3.05, 3.63) is 34.3 Å². The van der Waals surface area contributed by atoms with Gasteiger partial charge in [0, 0.05) is 23.4 Å². The van der Waals surface area contributed by atoms with Crippen molar-refractivity contribution in [2.75, 3.05) is 0 Å². The van der Waals surface area contributed by atoms with Crippen LogP contribution in [0.3, 0.4) is 0 Å². The van der Waals surface area contributed by atoms with Gasteiger partial charge in [0.05, 0.1) is 0 Å². The number of hydrogen-bond donors (Lipinski definition) is 0. The Labute approximate surface area is 94.2 Å². The predicted molar refractivity (Wildman–Crippen MR) is 60.4 cm³/mol. The second kappa shape index (κ2) is 5.08. The minimum atomic E-state index is -0.0230. The van der Waals surface area contributed by atoms with Crippen molar-refractivity contribution < 1.29 is 9.59 Å². The molecule has 0 radical (unpaired) electrons. The second-order valence-electron chi connectivity index (χ2n) is 3.58. The fraction of sp³-hybridized carbons (Fsp3) is 0.333. The highest BCUT2D eigenvalue weighted by Gasteiger charge is 2.10. The highest BCUT2D eigenvalue weighted by atomic mass is 35.5. The third kappa shape index (κ3) is 3.48. The summed E-state index contributed by atoms with van der Waals surface area (Å²) in [6, 6.07) is 5.21. The molecule has 0 aliphatic carbocycles. The van der Waals surface area contributed by atoms with Gasteiger partial charge >= 0.3 is 0 Å². The number of benzene rings is 1. The zero-order valence-electron chi connectivity index (χ0n) is 8.84. The molecule has 0 aromatic heterocycles. The number of carbonyl (C=O) groups excluding carboxylic acids is 2. The maximum absolute atomic E-state index is 11.7. The number of carbonyl (C=O) groups is 2. The summed E-state index contributed by atoms with van der Waals surface area (Å²) >= 11 is 5.80. The molecule has 1 rings (SSSR count). The summed E-state index contributed by atoms with van der Waals surface area (Å²) in [6.07, 6.45) is 0.557. The van der Waals surface area contributed by atoms with Gasteiger partial charge in [-0.25, -0.2) is 0 Å². The summed E-state index contributed by atoms with van der Waals surface area (Å²) in [6.45, 7) is 3.34. The molecular weight excluding hydrogens is 212 g/mol. The van der Waals surface area contributed by atoms with Crippen LogP contribution in [0.5, 0.6) is 0 Å². The number of aryl methyl sites for hydroxylation is 1. The SMILES string of the molecule is CC(=O)CCC(=O)c1cc(Cl)ccc1C. The quantitative estimate of drug-likeness (QED) is 0.736. The lowest BCUT2D eigenvalue weighted by atomic mass is 10.0. The van der Waals surface area contributed by atoms with Crippen molar-refractivity contribution >= 4 is 23.2 Å². The third-order valence-corrected chi connectivity index (χ3v) is 2.44. The summed E-state index contributed by atoms with van der Waals surface area (Å²) in [5.74, 6) is 0.00762. The van der Waals surface area contributed by atoms with Crippen molar-refractivity contribution in [1.82, 2.24) is 0 Å². The van der Waals surface area contributed by atoms with E-state index in [0.717, 1.165) is 5.56 Å². The van der Waals surface area contributed by atoms with Crippen LogP contribution in [-0.4, -0.2) is 11.6 Å². The first-order valence-electron chi connectivity index (χ1n) is 4.79. The van der Waals surface area contributed by atoms with Crippen molar-refractivity contribution in [1.29, 1.82) is 0 Å². The molecule has 0 saturated heterocycles. The summed E-state index contributed by atoms with van der Waals surface area (Å²) in [7, 11) is 0. The Kier molecular flexibility index (Phi) is 4.04. The van der Waals surface area contributed by atoms with E-state index in [4.69, 9.17) is 11.6 Å². The average Bonchev–Trinajstić information content (AvgIpc) is 2.18. The standard InChI is InChI=1S/C12H13ClO2/c1-8-3-5-10(13)7-11(8)12(15)6-4-9(2)14/h3,5,7H,4,6H2,1-2H3. The number of rotatable bonds is 4. The van der Waals surface area contributed by atoms with E-state index in [1.54, 1.807) is 12.1 Å². The van der Waals surface area contributed by atoms with Crippen LogP contribution < -0.4 is 0 Å². The lowest BCUT2D eigenvalue weighted by Crippen LogP contribution is -2.04. The zero-order chi connectivity index (χ0) is 11.4. The molecule has 0 N–H and O–H groups in total. The second-order valence-corrected chi connectivity index (χ2v) is 4.02. The van der Waals surface area contributed by atoms with Crippen LogP contribution in [0.4, 0.5) is 0 Å². The summed E-state index contributed by atoms with van der Waals surface area (Å²) in [5.41, 5.74) is 1.51. The van der Waals surface area contributed by atoms with Gasteiger partial charge in [-0.2, -0.15) is 0 Å². The molecule has 3 heteroatoms. The fourth-order valence-corrected chi connectivity index (χ4v) is 1.49. The van der Waals surface area contributed by atoms with Crippen molar-refractivity contribution in [2.24, 2.45) is 0 Å². The topological polar surface area (TPSA) is 34.1 Å². The molecular formula is C12H13ClO2.